The zero-order valence-corrected chi connectivity index (χ0v) is 11.8. The summed E-state index contributed by atoms with van der Waals surface area (Å²) < 4.78 is 2.17. The van der Waals surface area contributed by atoms with Gasteiger partial charge in [-0.05, 0) is 13.3 Å². The maximum Gasteiger partial charge on any atom is 0.147 e. The Morgan fingerprint density at radius 1 is 1.22 bits per heavy atom. The largest absolute Gasteiger partial charge is 0.315 e. The predicted octanol–water partition coefficient (Wildman–Crippen LogP) is 2.84. The number of aromatic nitrogens is 3. The summed E-state index contributed by atoms with van der Waals surface area (Å²) in [5, 5.41) is 8.16. The fraction of sp³-hybridized carbons (Fsp3) is 0.857. The molecular weight excluding hydrogens is 224 g/mol. The first-order valence-corrected chi connectivity index (χ1v) is 7.42. The van der Waals surface area contributed by atoms with Crippen LogP contribution in [0.3, 0.4) is 0 Å². The van der Waals surface area contributed by atoms with E-state index in [4.69, 9.17) is 0 Å². The van der Waals surface area contributed by atoms with Crippen LogP contribution >= 0.6 is 0 Å². The second kappa shape index (κ2) is 6.88. The predicted molar refractivity (Wildman–Crippen MR) is 73.3 cm³/mol. The van der Waals surface area contributed by atoms with Crippen molar-refractivity contribution in [2.45, 2.75) is 71.5 Å². The minimum atomic E-state index is 0.678. The van der Waals surface area contributed by atoms with Crippen LogP contribution in [-0.2, 0) is 13.1 Å². The van der Waals surface area contributed by atoms with Crippen LogP contribution in [0.4, 0.5) is 0 Å². The zero-order valence-electron chi connectivity index (χ0n) is 11.8. The van der Waals surface area contributed by atoms with Crippen molar-refractivity contribution in [3.63, 3.8) is 0 Å². The van der Waals surface area contributed by atoms with E-state index >= 15 is 0 Å². The number of hydrogen-bond donors (Lipinski definition) is 0. The quantitative estimate of drug-likeness (QED) is 0.698. The first-order valence-electron chi connectivity index (χ1n) is 7.42. The molecule has 4 heteroatoms. The van der Waals surface area contributed by atoms with Crippen LogP contribution in [0, 0.1) is 0 Å². The molecule has 0 aromatic carbocycles. The third-order valence-corrected chi connectivity index (χ3v) is 4.02. The third-order valence-electron chi connectivity index (χ3n) is 4.02. The highest BCUT2D eigenvalue weighted by molar-refractivity contribution is 4.91. The molecule has 1 aliphatic rings. The van der Waals surface area contributed by atoms with E-state index in [-0.39, 0.29) is 0 Å². The van der Waals surface area contributed by atoms with Gasteiger partial charge in [-0.25, -0.2) is 0 Å². The second-order valence-electron chi connectivity index (χ2n) is 5.46. The van der Waals surface area contributed by atoms with Crippen LogP contribution < -0.4 is 0 Å². The van der Waals surface area contributed by atoms with E-state index in [9.17, 15) is 0 Å². The molecule has 0 saturated heterocycles. The lowest BCUT2D eigenvalue weighted by molar-refractivity contribution is 0.153. The molecule has 1 aromatic heterocycles. The first-order chi connectivity index (χ1) is 8.81. The first kappa shape index (κ1) is 13.5. The van der Waals surface area contributed by atoms with E-state index in [2.05, 4.69) is 33.5 Å². The molecule has 0 saturated carbocycles. The maximum absolute atomic E-state index is 4.18. The summed E-state index contributed by atoms with van der Waals surface area (Å²) in [6.07, 6.45) is 10.0. The molecule has 0 spiro atoms. The smallest absolute Gasteiger partial charge is 0.147 e. The Hall–Kier alpha value is -0.900. The fourth-order valence-corrected chi connectivity index (χ4v) is 2.69. The number of hydrogen-bond acceptors (Lipinski definition) is 3. The van der Waals surface area contributed by atoms with Crippen molar-refractivity contribution in [1.82, 2.24) is 19.7 Å². The van der Waals surface area contributed by atoms with Crippen molar-refractivity contribution >= 4 is 0 Å². The Labute approximate surface area is 110 Å². The minimum absolute atomic E-state index is 0.678. The number of rotatable bonds is 7. The maximum atomic E-state index is 4.18. The number of nitrogens with zero attached hydrogens (tertiary/aromatic N) is 4. The van der Waals surface area contributed by atoms with Gasteiger partial charge in [0.2, 0.25) is 0 Å². The average molecular weight is 250 g/mol. The molecule has 4 nitrogen and oxygen atoms in total. The molecule has 0 amide bonds. The highest BCUT2D eigenvalue weighted by Gasteiger charge is 2.21. The summed E-state index contributed by atoms with van der Waals surface area (Å²) >= 11 is 0. The summed E-state index contributed by atoms with van der Waals surface area (Å²) in [4.78, 5) is 2.55. The molecule has 0 fully saturated rings. The van der Waals surface area contributed by atoms with Crippen molar-refractivity contribution < 1.29 is 0 Å². The van der Waals surface area contributed by atoms with Gasteiger partial charge in [0, 0.05) is 19.1 Å². The summed E-state index contributed by atoms with van der Waals surface area (Å²) in [6.45, 7) is 7.78. The van der Waals surface area contributed by atoms with Gasteiger partial charge in [0.15, 0.2) is 0 Å². The topological polar surface area (TPSA) is 34.0 Å². The molecule has 1 atom stereocenters. The van der Waals surface area contributed by atoms with Gasteiger partial charge in [-0.2, -0.15) is 0 Å². The lowest BCUT2D eigenvalue weighted by Gasteiger charge is -2.32. The van der Waals surface area contributed by atoms with E-state index < -0.39 is 0 Å². The van der Waals surface area contributed by atoms with Crippen LogP contribution in [0.15, 0.2) is 6.33 Å². The molecule has 0 radical (unpaired) electrons. The molecule has 0 N–H and O–H groups in total. The van der Waals surface area contributed by atoms with E-state index in [1.807, 2.05) is 6.33 Å². The van der Waals surface area contributed by atoms with E-state index in [1.165, 1.54) is 38.5 Å². The van der Waals surface area contributed by atoms with Gasteiger partial charge in [-0.3, -0.25) is 4.90 Å². The van der Waals surface area contributed by atoms with Gasteiger partial charge >= 0.3 is 0 Å². The van der Waals surface area contributed by atoms with Crippen molar-refractivity contribution in [2.75, 3.05) is 6.54 Å². The van der Waals surface area contributed by atoms with Crippen molar-refractivity contribution in [2.24, 2.45) is 0 Å². The molecule has 2 rings (SSSR count). The molecular formula is C14H26N4. The number of unbranched alkanes of at least 4 members (excludes halogenated alkanes) is 4. The zero-order chi connectivity index (χ0) is 12.8. The summed E-state index contributed by atoms with van der Waals surface area (Å²) in [5.41, 5.74) is 0. The number of fused-ring (bicyclic) bond motifs is 1. The van der Waals surface area contributed by atoms with Gasteiger partial charge in [0.25, 0.3) is 0 Å². The standard InChI is InChI=1S/C14H26N4/c1-3-4-5-6-7-8-13(2)17-9-10-18-12-15-16-14(18)11-17/h12-13H,3-11H2,1-2H3. The molecule has 0 aliphatic carbocycles. The summed E-state index contributed by atoms with van der Waals surface area (Å²) in [5.74, 6) is 1.12. The Balaban J connectivity index is 1.69. The normalized spacial score (nSPS) is 17.7. The Bertz CT molecular complexity index is 347. The van der Waals surface area contributed by atoms with Gasteiger partial charge in [-0.15, -0.1) is 10.2 Å². The van der Waals surface area contributed by atoms with Gasteiger partial charge in [0.1, 0.15) is 12.2 Å². The van der Waals surface area contributed by atoms with E-state index in [0.29, 0.717) is 6.04 Å². The molecule has 0 bridgehead atoms. The molecule has 1 unspecified atom stereocenters. The minimum Gasteiger partial charge on any atom is -0.315 e. The van der Waals surface area contributed by atoms with Crippen molar-refractivity contribution in [3.05, 3.63) is 12.2 Å². The van der Waals surface area contributed by atoms with Crippen molar-refractivity contribution in [3.8, 4) is 0 Å². The third kappa shape index (κ3) is 3.55. The van der Waals surface area contributed by atoms with E-state index in [1.54, 1.807) is 0 Å². The van der Waals surface area contributed by atoms with Gasteiger partial charge in [0.05, 0.1) is 6.54 Å². The SMILES string of the molecule is CCCCCCCC(C)N1CCn2cnnc2C1. The lowest BCUT2D eigenvalue weighted by atomic mass is 10.1. The monoisotopic (exact) mass is 250 g/mol. The summed E-state index contributed by atoms with van der Waals surface area (Å²) in [6, 6.07) is 0.678. The highest BCUT2D eigenvalue weighted by Crippen LogP contribution is 2.16. The van der Waals surface area contributed by atoms with Crippen LogP contribution in [-0.4, -0.2) is 32.3 Å². The van der Waals surface area contributed by atoms with Crippen LogP contribution in [0.25, 0.3) is 0 Å². The second-order valence-corrected chi connectivity index (χ2v) is 5.46. The average Bonchev–Trinajstić information content (AvgIpc) is 2.85. The molecule has 1 aliphatic heterocycles. The lowest BCUT2D eigenvalue weighted by Crippen LogP contribution is -2.39. The molecule has 1 aromatic rings. The van der Waals surface area contributed by atoms with Crippen LogP contribution in [0.5, 0.6) is 0 Å². The molecule has 18 heavy (non-hydrogen) atoms. The van der Waals surface area contributed by atoms with Gasteiger partial charge in [-0.1, -0.05) is 39.0 Å². The van der Waals surface area contributed by atoms with Gasteiger partial charge < -0.3 is 4.57 Å². The Morgan fingerprint density at radius 3 is 2.89 bits per heavy atom. The van der Waals surface area contributed by atoms with E-state index in [0.717, 1.165) is 25.5 Å². The fourth-order valence-electron chi connectivity index (χ4n) is 2.69. The molecule has 102 valence electrons. The van der Waals surface area contributed by atoms with Crippen LogP contribution in [0.2, 0.25) is 0 Å². The highest BCUT2D eigenvalue weighted by atomic mass is 15.3. The molecule has 2 heterocycles. The van der Waals surface area contributed by atoms with Crippen LogP contribution in [0.1, 0.15) is 58.2 Å². The Kier molecular flexibility index (Phi) is 5.17. The summed E-state index contributed by atoms with van der Waals surface area (Å²) in [7, 11) is 0. The Morgan fingerprint density at radius 2 is 2.06 bits per heavy atom. The van der Waals surface area contributed by atoms with Crippen molar-refractivity contribution in [1.29, 1.82) is 0 Å².